The fourth-order valence-electron chi connectivity index (χ4n) is 2.77. The largest absolute Gasteiger partial charge is 0.478 e. The summed E-state index contributed by atoms with van der Waals surface area (Å²) in [4.78, 5) is 28.7. The summed E-state index contributed by atoms with van der Waals surface area (Å²) < 4.78 is 1.93. The van der Waals surface area contributed by atoms with E-state index >= 15 is 0 Å². The molecule has 0 unspecified atom stereocenters. The molecule has 0 fully saturated rings. The second kappa shape index (κ2) is 7.05. The van der Waals surface area contributed by atoms with Gasteiger partial charge in [0.2, 0.25) is 5.91 Å². The van der Waals surface area contributed by atoms with E-state index in [0.29, 0.717) is 5.69 Å². The third-order valence-corrected chi connectivity index (χ3v) is 5.00. The number of nitrogens with zero attached hydrogens (tertiary/aromatic N) is 2. The van der Waals surface area contributed by atoms with Crippen molar-refractivity contribution in [2.45, 2.75) is 6.42 Å². The Balaban J connectivity index is 1.50. The number of carboxylic acid groups (broad SMARTS) is 1. The van der Waals surface area contributed by atoms with E-state index in [1.54, 1.807) is 12.1 Å². The van der Waals surface area contributed by atoms with Gasteiger partial charge in [0, 0.05) is 28.5 Å². The predicted octanol–water partition coefficient (Wildman–Crippen LogP) is 3.94. The Labute approximate surface area is 158 Å². The molecule has 0 atom stereocenters. The molecule has 0 aliphatic rings. The van der Waals surface area contributed by atoms with Crippen LogP contribution >= 0.6 is 11.3 Å². The highest BCUT2D eigenvalue weighted by atomic mass is 32.1. The third kappa shape index (κ3) is 3.58. The molecule has 0 saturated heterocycles. The van der Waals surface area contributed by atoms with Crippen LogP contribution in [0.25, 0.3) is 16.2 Å². The number of carboxylic acids is 1. The lowest BCUT2D eigenvalue weighted by Crippen LogP contribution is -2.15. The van der Waals surface area contributed by atoms with Crippen molar-refractivity contribution in [1.29, 1.82) is 0 Å². The smallest absolute Gasteiger partial charge is 0.335 e. The highest BCUT2D eigenvalue weighted by Crippen LogP contribution is 2.24. The van der Waals surface area contributed by atoms with E-state index in [-0.39, 0.29) is 17.9 Å². The number of hydrogen-bond donors (Lipinski definition) is 2. The maximum absolute atomic E-state index is 12.4. The first kappa shape index (κ1) is 17.0. The van der Waals surface area contributed by atoms with Gasteiger partial charge in [-0.1, -0.05) is 30.3 Å². The molecular weight excluding hydrogens is 362 g/mol. The van der Waals surface area contributed by atoms with E-state index in [0.717, 1.165) is 21.9 Å². The van der Waals surface area contributed by atoms with Crippen LogP contribution in [0.2, 0.25) is 0 Å². The van der Waals surface area contributed by atoms with Gasteiger partial charge in [0.25, 0.3) is 0 Å². The van der Waals surface area contributed by atoms with Crippen LogP contribution in [-0.2, 0) is 11.2 Å². The van der Waals surface area contributed by atoms with Crippen molar-refractivity contribution in [1.82, 2.24) is 9.38 Å². The van der Waals surface area contributed by atoms with Gasteiger partial charge in [-0.25, -0.2) is 9.78 Å². The Morgan fingerprint density at radius 3 is 2.52 bits per heavy atom. The highest BCUT2D eigenvalue weighted by molar-refractivity contribution is 7.15. The minimum Gasteiger partial charge on any atom is -0.478 e. The number of amides is 1. The second-order valence-electron chi connectivity index (χ2n) is 5.98. The molecule has 0 bridgehead atoms. The van der Waals surface area contributed by atoms with E-state index in [9.17, 15) is 9.59 Å². The van der Waals surface area contributed by atoms with Crippen LogP contribution in [0.5, 0.6) is 0 Å². The minimum atomic E-state index is -0.997. The van der Waals surface area contributed by atoms with Gasteiger partial charge in [0.15, 0.2) is 4.96 Å². The molecule has 0 aliphatic carbocycles. The Hall–Kier alpha value is -3.45. The fourth-order valence-corrected chi connectivity index (χ4v) is 3.64. The molecule has 4 rings (SSSR count). The number of fused-ring (bicyclic) bond motifs is 1. The van der Waals surface area contributed by atoms with Crippen molar-refractivity contribution in [2.24, 2.45) is 0 Å². The molecule has 1 amide bonds. The summed E-state index contributed by atoms with van der Waals surface area (Å²) >= 11 is 1.49. The molecule has 6 nitrogen and oxygen atoms in total. The second-order valence-corrected chi connectivity index (χ2v) is 6.82. The van der Waals surface area contributed by atoms with Gasteiger partial charge >= 0.3 is 5.97 Å². The Morgan fingerprint density at radius 2 is 1.81 bits per heavy atom. The van der Waals surface area contributed by atoms with Crippen LogP contribution in [0.1, 0.15) is 16.1 Å². The number of carbonyl (C=O) groups is 2. The number of aromatic nitrogens is 2. The van der Waals surface area contributed by atoms with Crippen molar-refractivity contribution in [3.8, 4) is 11.3 Å². The van der Waals surface area contributed by atoms with Gasteiger partial charge < -0.3 is 10.4 Å². The lowest BCUT2D eigenvalue weighted by Gasteiger charge is -2.05. The van der Waals surface area contributed by atoms with E-state index in [1.165, 1.54) is 23.5 Å². The number of thiazole rings is 1. The molecule has 7 heteroatoms. The Bertz CT molecular complexity index is 1110. The van der Waals surface area contributed by atoms with Gasteiger partial charge in [0.1, 0.15) is 0 Å². The third-order valence-electron chi connectivity index (χ3n) is 4.11. The Morgan fingerprint density at radius 1 is 1.07 bits per heavy atom. The molecule has 0 aliphatic heterocycles. The first-order valence-corrected chi connectivity index (χ1v) is 9.12. The number of benzene rings is 2. The van der Waals surface area contributed by atoms with Crippen LogP contribution in [-0.4, -0.2) is 26.4 Å². The molecule has 0 saturated carbocycles. The summed E-state index contributed by atoms with van der Waals surface area (Å²) in [6.07, 6.45) is 2.14. The summed E-state index contributed by atoms with van der Waals surface area (Å²) in [5, 5.41) is 13.6. The maximum Gasteiger partial charge on any atom is 0.335 e. The average Bonchev–Trinajstić information content (AvgIpc) is 3.25. The van der Waals surface area contributed by atoms with Gasteiger partial charge in [-0.15, -0.1) is 11.3 Å². The van der Waals surface area contributed by atoms with E-state index in [2.05, 4.69) is 10.3 Å². The summed E-state index contributed by atoms with van der Waals surface area (Å²) in [5.74, 6) is -1.17. The molecule has 2 N–H and O–H groups in total. The van der Waals surface area contributed by atoms with E-state index in [4.69, 9.17) is 5.11 Å². The first-order chi connectivity index (χ1) is 13.1. The maximum atomic E-state index is 12.4. The number of imidazole rings is 1. The SMILES string of the molecule is O=C(Cc1csc2nc(-c3ccccc3)cn12)Nc1ccc(C(=O)O)cc1. The van der Waals surface area contributed by atoms with Gasteiger partial charge in [-0.3, -0.25) is 9.20 Å². The number of carbonyl (C=O) groups excluding carboxylic acids is 1. The monoisotopic (exact) mass is 377 g/mol. The quantitative estimate of drug-likeness (QED) is 0.552. The van der Waals surface area contributed by atoms with Crippen molar-refractivity contribution in [3.63, 3.8) is 0 Å². The van der Waals surface area contributed by atoms with Crippen molar-refractivity contribution >= 4 is 33.9 Å². The van der Waals surface area contributed by atoms with Crippen LogP contribution in [0.4, 0.5) is 5.69 Å². The van der Waals surface area contributed by atoms with E-state index < -0.39 is 5.97 Å². The zero-order valence-electron chi connectivity index (χ0n) is 14.1. The molecule has 4 aromatic rings. The van der Waals surface area contributed by atoms with Gasteiger partial charge in [-0.05, 0) is 24.3 Å². The summed E-state index contributed by atoms with van der Waals surface area (Å²) in [6, 6.07) is 16.0. The lowest BCUT2D eigenvalue weighted by molar-refractivity contribution is -0.115. The van der Waals surface area contributed by atoms with Crippen LogP contribution in [0, 0.1) is 0 Å². The highest BCUT2D eigenvalue weighted by Gasteiger charge is 2.13. The lowest BCUT2D eigenvalue weighted by atomic mass is 10.2. The summed E-state index contributed by atoms with van der Waals surface area (Å²) in [5.41, 5.74) is 3.49. The van der Waals surface area contributed by atoms with E-state index in [1.807, 2.05) is 46.3 Å². The van der Waals surface area contributed by atoms with Crippen molar-refractivity contribution < 1.29 is 14.7 Å². The average molecular weight is 377 g/mol. The molecular formula is C20H15N3O3S. The van der Waals surface area contributed by atoms with Gasteiger partial charge in [-0.2, -0.15) is 0 Å². The normalized spacial score (nSPS) is 10.8. The number of aromatic carboxylic acids is 1. The fraction of sp³-hybridized carbons (Fsp3) is 0.0500. The number of hydrogen-bond acceptors (Lipinski definition) is 4. The topological polar surface area (TPSA) is 83.7 Å². The number of nitrogens with one attached hydrogen (secondary N) is 1. The summed E-state index contributed by atoms with van der Waals surface area (Å²) in [7, 11) is 0. The number of rotatable bonds is 5. The van der Waals surface area contributed by atoms with Gasteiger partial charge in [0.05, 0.1) is 17.7 Å². The Kier molecular flexibility index (Phi) is 4.43. The van der Waals surface area contributed by atoms with Crippen molar-refractivity contribution in [2.75, 3.05) is 5.32 Å². The molecule has 2 heterocycles. The zero-order chi connectivity index (χ0) is 18.8. The summed E-state index contributed by atoms with van der Waals surface area (Å²) in [6.45, 7) is 0. The minimum absolute atomic E-state index is 0.173. The van der Waals surface area contributed by atoms with Crippen molar-refractivity contribution in [3.05, 3.63) is 77.4 Å². The first-order valence-electron chi connectivity index (χ1n) is 8.24. The van der Waals surface area contributed by atoms with Crippen LogP contribution in [0.3, 0.4) is 0 Å². The number of anilines is 1. The zero-order valence-corrected chi connectivity index (χ0v) is 14.9. The molecule has 27 heavy (non-hydrogen) atoms. The predicted molar refractivity (Wildman–Crippen MR) is 104 cm³/mol. The molecule has 0 spiro atoms. The molecule has 134 valence electrons. The molecule has 2 aromatic heterocycles. The van der Waals surface area contributed by atoms with Crippen LogP contribution in [0.15, 0.2) is 66.2 Å². The molecule has 2 aromatic carbocycles. The van der Waals surface area contributed by atoms with Crippen LogP contribution < -0.4 is 5.32 Å². The molecule has 0 radical (unpaired) electrons. The standard InChI is InChI=1S/C20H15N3O3S/c24-18(21-15-8-6-14(7-9-15)19(25)26)10-16-12-27-20-22-17(11-23(16)20)13-4-2-1-3-5-13/h1-9,11-12H,10H2,(H,21,24)(H,25,26).